The van der Waals surface area contributed by atoms with Gasteiger partial charge in [-0.1, -0.05) is 35.9 Å². The molecule has 0 spiro atoms. The number of methoxy groups -OCH3 is 1. The van der Waals surface area contributed by atoms with E-state index in [1.54, 1.807) is 60.7 Å². The number of hydrogen-bond donors (Lipinski definition) is 0. The van der Waals surface area contributed by atoms with Crippen molar-refractivity contribution in [3.05, 3.63) is 81.9 Å². The molecule has 0 N–H and O–H groups in total. The number of nitrogens with zero attached hydrogens (tertiary/aromatic N) is 1. The molecule has 3 aromatic rings. The van der Waals surface area contributed by atoms with Gasteiger partial charge in [0.2, 0.25) is 0 Å². The summed E-state index contributed by atoms with van der Waals surface area (Å²) in [5.41, 5.74) is 1.19. The SMILES string of the molecule is COC(=O)c1ccc(-c2ccc(/C=C3\SC(=O)N(CCOc4ccccc4Cl)C3=O)o2)cc1. The van der Waals surface area contributed by atoms with E-state index in [4.69, 9.17) is 25.5 Å². The minimum atomic E-state index is -0.422. The first kappa shape index (κ1) is 22.7. The summed E-state index contributed by atoms with van der Waals surface area (Å²) in [5.74, 6) is 0.650. The fraction of sp³-hybridized carbons (Fsp3) is 0.125. The van der Waals surface area contributed by atoms with Crippen molar-refractivity contribution < 1.29 is 28.3 Å². The summed E-state index contributed by atoms with van der Waals surface area (Å²) >= 11 is 6.89. The third kappa shape index (κ3) is 5.13. The zero-order valence-corrected chi connectivity index (χ0v) is 19.0. The van der Waals surface area contributed by atoms with Crippen LogP contribution in [0.1, 0.15) is 16.1 Å². The van der Waals surface area contributed by atoms with Gasteiger partial charge in [-0.05, 0) is 48.2 Å². The Labute approximate surface area is 198 Å². The van der Waals surface area contributed by atoms with Gasteiger partial charge >= 0.3 is 5.97 Å². The molecular weight excluding hydrogens is 466 g/mol. The highest BCUT2D eigenvalue weighted by atomic mass is 35.5. The lowest BCUT2D eigenvalue weighted by atomic mass is 10.1. The molecule has 0 atom stereocenters. The Bertz CT molecular complexity index is 1230. The molecule has 4 rings (SSSR count). The van der Waals surface area contributed by atoms with Crippen LogP contribution in [0.15, 0.2) is 70.0 Å². The van der Waals surface area contributed by atoms with Crippen LogP contribution in [0.2, 0.25) is 5.02 Å². The minimum absolute atomic E-state index is 0.100. The fourth-order valence-corrected chi connectivity index (χ4v) is 4.14. The molecule has 0 radical (unpaired) electrons. The summed E-state index contributed by atoms with van der Waals surface area (Å²) < 4.78 is 16.1. The quantitative estimate of drug-likeness (QED) is 0.324. The first-order valence-corrected chi connectivity index (χ1v) is 11.1. The Morgan fingerprint density at radius 3 is 2.58 bits per heavy atom. The van der Waals surface area contributed by atoms with Gasteiger partial charge in [-0.15, -0.1) is 0 Å². The Balaban J connectivity index is 1.41. The van der Waals surface area contributed by atoms with Crippen molar-refractivity contribution in [3.63, 3.8) is 0 Å². The number of benzene rings is 2. The zero-order chi connectivity index (χ0) is 23.4. The Hall–Kier alpha value is -3.49. The van der Waals surface area contributed by atoms with Crippen molar-refractivity contribution in [1.29, 1.82) is 0 Å². The van der Waals surface area contributed by atoms with Crippen LogP contribution in [-0.4, -0.2) is 42.3 Å². The van der Waals surface area contributed by atoms with Crippen LogP contribution in [0.5, 0.6) is 5.75 Å². The predicted octanol–water partition coefficient (Wildman–Crippen LogP) is 5.50. The predicted molar refractivity (Wildman–Crippen MR) is 125 cm³/mol. The highest BCUT2D eigenvalue weighted by Crippen LogP contribution is 2.33. The number of thioether (sulfide) groups is 1. The van der Waals surface area contributed by atoms with E-state index in [2.05, 4.69) is 0 Å². The van der Waals surface area contributed by atoms with E-state index in [0.29, 0.717) is 27.9 Å². The summed E-state index contributed by atoms with van der Waals surface area (Å²) in [6.45, 7) is 0.227. The van der Waals surface area contributed by atoms with Gasteiger partial charge < -0.3 is 13.9 Å². The number of para-hydroxylation sites is 1. The molecule has 168 valence electrons. The number of hydrogen-bond acceptors (Lipinski definition) is 7. The lowest BCUT2D eigenvalue weighted by Crippen LogP contribution is -2.32. The Morgan fingerprint density at radius 1 is 1.09 bits per heavy atom. The van der Waals surface area contributed by atoms with Gasteiger partial charge in [0.25, 0.3) is 11.1 Å². The number of esters is 1. The lowest BCUT2D eigenvalue weighted by Gasteiger charge is -2.13. The summed E-state index contributed by atoms with van der Waals surface area (Å²) in [5, 5.41) is 0.0827. The zero-order valence-electron chi connectivity index (χ0n) is 17.4. The molecule has 1 saturated heterocycles. The topological polar surface area (TPSA) is 86.0 Å². The van der Waals surface area contributed by atoms with Crippen LogP contribution in [0.3, 0.4) is 0 Å². The van der Waals surface area contributed by atoms with Crippen LogP contribution < -0.4 is 4.74 Å². The first-order chi connectivity index (χ1) is 16.0. The second-order valence-corrected chi connectivity index (χ2v) is 8.28. The maximum absolute atomic E-state index is 12.7. The molecule has 2 heterocycles. The highest BCUT2D eigenvalue weighted by molar-refractivity contribution is 8.18. The van der Waals surface area contributed by atoms with Crippen molar-refractivity contribution in [2.45, 2.75) is 0 Å². The molecular formula is C24H18ClNO6S. The average Bonchev–Trinajstić information content (AvgIpc) is 3.40. The van der Waals surface area contributed by atoms with Crippen molar-refractivity contribution in [1.82, 2.24) is 4.90 Å². The largest absolute Gasteiger partial charge is 0.490 e. The third-order valence-corrected chi connectivity index (χ3v) is 5.99. The maximum atomic E-state index is 12.7. The molecule has 0 unspecified atom stereocenters. The number of furan rings is 1. The van der Waals surface area contributed by atoms with E-state index < -0.39 is 11.9 Å². The molecule has 0 bridgehead atoms. The van der Waals surface area contributed by atoms with Gasteiger partial charge in [-0.25, -0.2) is 4.79 Å². The second kappa shape index (κ2) is 9.97. The number of carbonyl (C=O) groups excluding carboxylic acids is 3. The maximum Gasteiger partial charge on any atom is 0.337 e. The molecule has 9 heteroatoms. The van der Waals surface area contributed by atoms with Gasteiger partial charge in [-0.3, -0.25) is 14.5 Å². The Kier molecular flexibility index (Phi) is 6.86. The Morgan fingerprint density at radius 2 is 1.85 bits per heavy atom. The molecule has 0 saturated carbocycles. The third-order valence-electron chi connectivity index (χ3n) is 4.77. The molecule has 2 aromatic carbocycles. The standard InChI is InChI=1S/C24H18ClNO6S/c1-30-23(28)16-8-6-15(7-9-16)19-11-10-17(32-19)14-21-22(27)26(24(29)33-21)12-13-31-20-5-3-2-4-18(20)25/h2-11,14H,12-13H2,1H3/b21-14-. The van der Waals surface area contributed by atoms with E-state index in [-0.39, 0.29) is 23.3 Å². The van der Waals surface area contributed by atoms with Crippen LogP contribution in [0, 0.1) is 0 Å². The second-order valence-electron chi connectivity index (χ2n) is 6.88. The molecule has 2 amide bonds. The van der Waals surface area contributed by atoms with Gasteiger partial charge in [0.1, 0.15) is 23.9 Å². The molecule has 1 aromatic heterocycles. The number of halogens is 1. The van der Waals surface area contributed by atoms with Crippen LogP contribution in [0.25, 0.3) is 17.4 Å². The van der Waals surface area contributed by atoms with E-state index >= 15 is 0 Å². The van der Waals surface area contributed by atoms with Gasteiger partial charge in [0.15, 0.2) is 0 Å². The number of imide groups is 1. The molecule has 1 fully saturated rings. The van der Waals surface area contributed by atoms with E-state index in [1.807, 2.05) is 0 Å². The van der Waals surface area contributed by atoms with Crippen molar-refractivity contribution in [2.24, 2.45) is 0 Å². The van der Waals surface area contributed by atoms with Crippen molar-refractivity contribution in [2.75, 3.05) is 20.3 Å². The lowest BCUT2D eigenvalue weighted by molar-refractivity contribution is -0.123. The van der Waals surface area contributed by atoms with E-state index in [9.17, 15) is 14.4 Å². The van der Waals surface area contributed by atoms with E-state index in [0.717, 1.165) is 22.2 Å². The number of carbonyl (C=O) groups is 3. The monoisotopic (exact) mass is 483 g/mol. The number of ether oxygens (including phenoxy) is 2. The number of rotatable bonds is 7. The smallest absolute Gasteiger partial charge is 0.337 e. The summed E-state index contributed by atoms with van der Waals surface area (Å²) in [6.07, 6.45) is 1.53. The molecule has 0 aliphatic carbocycles. The van der Waals surface area contributed by atoms with Gasteiger partial charge in [-0.2, -0.15) is 0 Å². The summed E-state index contributed by atoms with van der Waals surface area (Å²) in [4.78, 5) is 37.9. The molecule has 7 nitrogen and oxygen atoms in total. The van der Waals surface area contributed by atoms with Crippen LogP contribution >= 0.6 is 23.4 Å². The number of amides is 2. The van der Waals surface area contributed by atoms with Gasteiger partial charge in [0, 0.05) is 11.6 Å². The minimum Gasteiger partial charge on any atom is -0.490 e. The first-order valence-electron chi connectivity index (χ1n) is 9.87. The van der Waals surface area contributed by atoms with Crippen LogP contribution in [0.4, 0.5) is 4.79 Å². The average molecular weight is 484 g/mol. The van der Waals surface area contributed by atoms with Gasteiger partial charge in [0.05, 0.1) is 29.1 Å². The molecule has 1 aliphatic rings. The van der Waals surface area contributed by atoms with Crippen molar-refractivity contribution >= 4 is 46.6 Å². The summed E-state index contributed by atoms with van der Waals surface area (Å²) in [7, 11) is 1.32. The molecule has 1 aliphatic heterocycles. The molecule has 33 heavy (non-hydrogen) atoms. The highest BCUT2D eigenvalue weighted by Gasteiger charge is 2.35. The van der Waals surface area contributed by atoms with E-state index in [1.165, 1.54) is 13.2 Å². The normalized spacial score (nSPS) is 14.7. The summed E-state index contributed by atoms with van der Waals surface area (Å²) in [6, 6.07) is 17.2. The fourth-order valence-electron chi connectivity index (χ4n) is 3.10. The van der Waals surface area contributed by atoms with Crippen LogP contribution in [-0.2, 0) is 9.53 Å². The van der Waals surface area contributed by atoms with Crippen molar-refractivity contribution in [3.8, 4) is 17.1 Å².